The number of amides is 1. The molecule has 0 aliphatic carbocycles. The Bertz CT molecular complexity index is 712. The molecule has 0 saturated heterocycles. The number of nitrogens with zero attached hydrogens (tertiary/aromatic N) is 4. The van der Waals surface area contributed by atoms with Crippen LogP contribution in [0, 0.1) is 5.92 Å². The third kappa shape index (κ3) is 3.90. The van der Waals surface area contributed by atoms with E-state index in [9.17, 15) is 4.79 Å². The van der Waals surface area contributed by atoms with E-state index < -0.39 is 0 Å². The normalized spacial score (nSPS) is 12.3. The van der Waals surface area contributed by atoms with Crippen molar-refractivity contribution in [3.05, 3.63) is 24.3 Å². The van der Waals surface area contributed by atoms with Crippen molar-refractivity contribution in [1.82, 2.24) is 19.7 Å². The molecule has 0 fully saturated rings. The summed E-state index contributed by atoms with van der Waals surface area (Å²) in [4.78, 5) is 14.0. The standard InChI is InChI=1S/C17H24N4O2S/c1-11(2)14(16(22)20(3)4)24-17-19-18-15(21(17)5)12-8-7-9-13(10-12)23-6/h7-11,14H,1-6H3/t14-/m0/s1. The maximum absolute atomic E-state index is 12.4. The van der Waals surface area contributed by atoms with E-state index in [2.05, 4.69) is 10.2 Å². The average molecular weight is 348 g/mol. The molecule has 1 aromatic carbocycles. The molecule has 1 aromatic heterocycles. The van der Waals surface area contributed by atoms with Crippen molar-refractivity contribution in [2.24, 2.45) is 13.0 Å². The summed E-state index contributed by atoms with van der Waals surface area (Å²) in [5.41, 5.74) is 0.927. The maximum atomic E-state index is 12.4. The van der Waals surface area contributed by atoms with Crippen LogP contribution in [-0.4, -0.2) is 52.0 Å². The van der Waals surface area contributed by atoms with E-state index in [4.69, 9.17) is 4.74 Å². The van der Waals surface area contributed by atoms with Gasteiger partial charge in [0.1, 0.15) is 5.75 Å². The number of rotatable bonds is 6. The lowest BCUT2D eigenvalue weighted by atomic mass is 10.1. The van der Waals surface area contributed by atoms with Crippen LogP contribution in [0.5, 0.6) is 5.75 Å². The van der Waals surface area contributed by atoms with Gasteiger partial charge in [0.2, 0.25) is 5.91 Å². The molecule has 0 saturated carbocycles. The van der Waals surface area contributed by atoms with Crippen LogP contribution in [0.3, 0.4) is 0 Å². The summed E-state index contributed by atoms with van der Waals surface area (Å²) in [7, 11) is 7.10. The van der Waals surface area contributed by atoms with Gasteiger partial charge >= 0.3 is 0 Å². The molecule has 0 bridgehead atoms. The summed E-state index contributed by atoms with van der Waals surface area (Å²) in [6.45, 7) is 4.08. The molecule has 2 aromatic rings. The first-order valence-corrected chi connectivity index (χ1v) is 8.64. The van der Waals surface area contributed by atoms with E-state index in [0.29, 0.717) is 0 Å². The van der Waals surface area contributed by atoms with Gasteiger partial charge in [-0.2, -0.15) is 0 Å². The number of carbonyl (C=O) groups excluding carboxylic acids is 1. The van der Waals surface area contributed by atoms with Gasteiger partial charge < -0.3 is 14.2 Å². The van der Waals surface area contributed by atoms with Crippen LogP contribution >= 0.6 is 11.8 Å². The fraction of sp³-hybridized carbons (Fsp3) is 0.471. The molecule has 0 N–H and O–H groups in total. The van der Waals surface area contributed by atoms with Gasteiger partial charge in [0.25, 0.3) is 0 Å². The van der Waals surface area contributed by atoms with Gasteiger partial charge in [-0.1, -0.05) is 37.7 Å². The van der Waals surface area contributed by atoms with E-state index in [0.717, 1.165) is 22.3 Å². The van der Waals surface area contributed by atoms with Crippen LogP contribution in [0.1, 0.15) is 13.8 Å². The zero-order valence-corrected chi connectivity index (χ0v) is 15.8. The summed E-state index contributed by atoms with van der Waals surface area (Å²) in [6.07, 6.45) is 0. The fourth-order valence-electron chi connectivity index (χ4n) is 2.27. The number of benzene rings is 1. The molecule has 1 heterocycles. The Labute approximate surface area is 147 Å². The van der Waals surface area contributed by atoms with E-state index in [1.165, 1.54) is 11.8 Å². The minimum Gasteiger partial charge on any atom is -0.497 e. The first kappa shape index (κ1) is 18.3. The molecule has 0 radical (unpaired) electrons. The third-order valence-corrected chi connectivity index (χ3v) is 5.25. The lowest BCUT2D eigenvalue weighted by Gasteiger charge is -2.22. The zero-order valence-electron chi connectivity index (χ0n) is 15.0. The van der Waals surface area contributed by atoms with E-state index in [-0.39, 0.29) is 17.1 Å². The van der Waals surface area contributed by atoms with Crippen molar-refractivity contribution in [2.75, 3.05) is 21.2 Å². The molecule has 1 atom stereocenters. The maximum Gasteiger partial charge on any atom is 0.235 e. The quantitative estimate of drug-likeness (QED) is 0.751. The Morgan fingerprint density at radius 1 is 1.29 bits per heavy atom. The minimum atomic E-state index is -0.193. The first-order chi connectivity index (χ1) is 11.3. The highest BCUT2D eigenvalue weighted by molar-refractivity contribution is 8.00. The molecule has 0 unspecified atom stereocenters. The number of ether oxygens (including phenoxy) is 1. The molecule has 0 aliphatic heterocycles. The van der Waals surface area contributed by atoms with E-state index in [1.54, 1.807) is 26.1 Å². The topological polar surface area (TPSA) is 60.3 Å². The van der Waals surface area contributed by atoms with Gasteiger partial charge in [0, 0.05) is 26.7 Å². The SMILES string of the molecule is COc1cccc(-c2nnc(S[C@H](C(=O)N(C)C)C(C)C)n2C)c1. The van der Waals surface area contributed by atoms with Gasteiger partial charge in [-0.05, 0) is 18.1 Å². The van der Waals surface area contributed by atoms with Crippen LogP contribution in [0.15, 0.2) is 29.4 Å². The van der Waals surface area contributed by atoms with Crippen LogP contribution in [0.4, 0.5) is 0 Å². The molecule has 130 valence electrons. The van der Waals surface area contributed by atoms with Crippen LogP contribution in [0.2, 0.25) is 0 Å². The Balaban J connectivity index is 2.30. The van der Waals surface area contributed by atoms with Crippen molar-refractivity contribution in [3.8, 4) is 17.1 Å². The monoisotopic (exact) mass is 348 g/mol. The number of hydrogen-bond donors (Lipinski definition) is 0. The lowest BCUT2D eigenvalue weighted by Crippen LogP contribution is -2.35. The predicted molar refractivity (Wildman–Crippen MR) is 96.2 cm³/mol. The van der Waals surface area contributed by atoms with Gasteiger partial charge in [0.05, 0.1) is 12.4 Å². The number of aromatic nitrogens is 3. The highest BCUT2D eigenvalue weighted by Crippen LogP contribution is 2.30. The fourth-order valence-corrected chi connectivity index (χ4v) is 3.41. The summed E-state index contributed by atoms with van der Waals surface area (Å²) in [6, 6.07) is 7.69. The van der Waals surface area contributed by atoms with Gasteiger partial charge in [0.15, 0.2) is 11.0 Å². The van der Waals surface area contributed by atoms with Crippen molar-refractivity contribution < 1.29 is 9.53 Å². The summed E-state index contributed by atoms with van der Waals surface area (Å²) in [5, 5.41) is 9.10. The summed E-state index contributed by atoms with van der Waals surface area (Å²) >= 11 is 1.45. The van der Waals surface area contributed by atoms with Crippen molar-refractivity contribution >= 4 is 17.7 Å². The average Bonchev–Trinajstić information content (AvgIpc) is 2.92. The van der Waals surface area contributed by atoms with Crippen molar-refractivity contribution in [1.29, 1.82) is 0 Å². The molecule has 1 amide bonds. The highest BCUT2D eigenvalue weighted by Gasteiger charge is 2.27. The van der Waals surface area contributed by atoms with Crippen molar-refractivity contribution in [3.63, 3.8) is 0 Å². The molecule has 0 spiro atoms. The second-order valence-electron chi connectivity index (χ2n) is 6.11. The minimum absolute atomic E-state index is 0.0842. The third-order valence-electron chi connectivity index (χ3n) is 3.68. The Morgan fingerprint density at radius 3 is 2.58 bits per heavy atom. The van der Waals surface area contributed by atoms with E-state index >= 15 is 0 Å². The van der Waals surface area contributed by atoms with Gasteiger partial charge in [-0.15, -0.1) is 10.2 Å². The number of methoxy groups -OCH3 is 1. The molecular weight excluding hydrogens is 324 g/mol. The highest BCUT2D eigenvalue weighted by atomic mass is 32.2. The summed E-state index contributed by atoms with van der Waals surface area (Å²) in [5.74, 6) is 1.80. The second-order valence-corrected chi connectivity index (χ2v) is 7.22. The molecule has 6 nitrogen and oxygen atoms in total. The Kier molecular flexibility index (Phi) is 5.88. The zero-order chi connectivity index (χ0) is 17.9. The molecular formula is C17H24N4O2S. The molecule has 2 rings (SSSR count). The number of thioether (sulfide) groups is 1. The molecule has 24 heavy (non-hydrogen) atoms. The number of hydrogen-bond acceptors (Lipinski definition) is 5. The number of carbonyl (C=O) groups is 1. The predicted octanol–water partition coefficient (Wildman–Crippen LogP) is 2.70. The van der Waals surface area contributed by atoms with Crippen LogP contribution < -0.4 is 4.74 Å². The van der Waals surface area contributed by atoms with Crippen molar-refractivity contribution in [2.45, 2.75) is 24.3 Å². The van der Waals surface area contributed by atoms with E-state index in [1.807, 2.05) is 49.7 Å². The lowest BCUT2D eigenvalue weighted by molar-refractivity contribution is -0.128. The first-order valence-electron chi connectivity index (χ1n) is 7.76. The Hall–Kier alpha value is -2.02. The van der Waals surface area contributed by atoms with Crippen LogP contribution in [0.25, 0.3) is 11.4 Å². The second kappa shape index (κ2) is 7.70. The smallest absolute Gasteiger partial charge is 0.235 e. The summed E-state index contributed by atoms with van der Waals surface area (Å²) < 4.78 is 7.18. The Morgan fingerprint density at radius 2 is 2.00 bits per heavy atom. The molecule has 7 heteroatoms. The van der Waals surface area contributed by atoms with Crippen LogP contribution in [-0.2, 0) is 11.8 Å². The van der Waals surface area contributed by atoms with Gasteiger partial charge in [-0.25, -0.2) is 0 Å². The van der Waals surface area contributed by atoms with Gasteiger partial charge in [-0.3, -0.25) is 4.79 Å². The largest absolute Gasteiger partial charge is 0.497 e. The molecule has 0 aliphatic rings.